The summed E-state index contributed by atoms with van der Waals surface area (Å²) < 4.78 is 1.66. The van der Waals surface area contributed by atoms with Crippen molar-refractivity contribution < 1.29 is 9.59 Å². The van der Waals surface area contributed by atoms with Crippen LogP contribution in [0.2, 0.25) is 10.0 Å². The number of aromatic nitrogens is 2. The topological polar surface area (TPSA) is 67.2 Å². The average molecular weight is 427 g/mol. The van der Waals surface area contributed by atoms with Crippen LogP contribution in [0.4, 0.5) is 11.5 Å². The molecular formula is C21H16Cl2N4O2. The molecule has 3 heterocycles. The standard InChI is InChI=1S/C21H16Cl2N4O2/c1-26-16-8-4-7-15(23)18(16)21(20(26)29)9-17(28)25-19-13(21)10-24-27(19)11-12-5-2-3-6-14(12)22/h2-8,10H,9,11H2,1H3,(H,25,28). The van der Waals surface area contributed by atoms with Crippen LogP contribution in [-0.4, -0.2) is 28.6 Å². The quantitative estimate of drug-likeness (QED) is 0.676. The van der Waals surface area contributed by atoms with Crippen LogP contribution in [0.5, 0.6) is 0 Å². The van der Waals surface area contributed by atoms with Crippen LogP contribution >= 0.6 is 23.2 Å². The van der Waals surface area contributed by atoms with Crippen LogP contribution in [0.1, 0.15) is 23.1 Å². The molecule has 1 unspecified atom stereocenters. The second-order valence-corrected chi connectivity index (χ2v) is 8.10. The van der Waals surface area contributed by atoms with Gasteiger partial charge in [-0.1, -0.05) is 47.5 Å². The Kier molecular flexibility index (Phi) is 3.98. The van der Waals surface area contributed by atoms with Crippen LogP contribution in [0.25, 0.3) is 0 Å². The number of amides is 2. The van der Waals surface area contributed by atoms with Gasteiger partial charge in [-0.15, -0.1) is 0 Å². The minimum Gasteiger partial charge on any atom is -0.314 e. The fourth-order valence-corrected chi connectivity index (χ4v) is 4.91. The van der Waals surface area contributed by atoms with E-state index in [0.29, 0.717) is 39.2 Å². The average Bonchev–Trinajstić information content (AvgIpc) is 3.18. The number of rotatable bonds is 2. The molecular weight excluding hydrogens is 411 g/mol. The predicted molar refractivity (Wildman–Crippen MR) is 112 cm³/mol. The number of hydrogen-bond donors (Lipinski definition) is 1. The monoisotopic (exact) mass is 426 g/mol. The fourth-order valence-electron chi connectivity index (χ4n) is 4.38. The number of nitrogens with one attached hydrogen (secondary N) is 1. The van der Waals surface area contributed by atoms with Crippen molar-refractivity contribution in [1.29, 1.82) is 0 Å². The third kappa shape index (κ3) is 2.46. The van der Waals surface area contributed by atoms with Crippen molar-refractivity contribution >= 4 is 46.5 Å². The third-order valence-corrected chi connectivity index (χ3v) is 6.39. The molecule has 1 aromatic heterocycles. The normalized spacial score (nSPS) is 20.0. The van der Waals surface area contributed by atoms with E-state index in [9.17, 15) is 9.59 Å². The number of anilines is 2. The van der Waals surface area contributed by atoms with Gasteiger partial charge in [0, 0.05) is 40.3 Å². The van der Waals surface area contributed by atoms with Gasteiger partial charge in [0.15, 0.2) is 0 Å². The third-order valence-electron chi connectivity index (χ3n) is 5.71. The van der Waals surface area contributed by atoms with Crippen LogP contribution in [0.3, 0.4) is 0 Å². The van der Waals surface area contributed by atoms with Gasteiger partial charge in [0.2, 0.25) is 11.8 Å². The van der Waals surface area contributed by atoms with Crippen LogP contribution in [0.15, 0.2) is 48.7 Å². The maximum absolute atomic E-state index is 13.5. The number of carbonyl (C=O) groups excluding carboxylic acids is 2. The van der Waals surface area contributed by atoms with Crippen LogP contribution < -0.4 is 10.2 Å². The van der Waals surface area contributed by atoms with Gasteiger partial charge in [-0.25, -0.2) is 4.68 Å². The Morgan fingerprint density at radius 1 is 1.10 bits per heavy atom. The van der Waals surface area contributed by atoms with Gasteiger partial charge in [-0.05, 0) is 23.8 Å². The van der Waals surface area contributed by atoms with E-state index in [1.54, 1.807) is 41.0 Å². The van der Waals surface area contributed by atoms with Crippen molar-refractivity contribution in [2.75, 3.05) is 17.3 Å². The highest BCUT2D eigenvalue weighted by molar-refractivity contribution is 6.34. The van der Waals surface area contributed by atoms with Gasteiger partial charge < -0.3 is 10.2 Å². The first-order valence-electron chi connectivity index (χ1n) is 9.10. The molecule has 1 atom stereocenters. The molecule has 5 rings (SSSR count). The molecule has 0 saturated heterocycles. The van der Waals surface area contributed by atoms with Crippen molar-refractivity contribution in [2.24, 2.45) is 0 Å². The molecule has 146 valence electrons. The molecule has 8 heteroatoms. The number of nitrogens with zero attached hydrogens (tertiary/aromatic N) is 3. The summed E-state index contributed by atoms with van der Waals surface area (Å²) in [4.78, 5) is 27.8. The second-order valence-electron chi connectivity index (χ2n) is 7.28. The maximum Gasteiger partial charge on any atom is 0.242 e. The summed E-state index contributed by atoms with van der Waals surface area (Å²) in [5.41, 5.74) is 1.69. The van der Waals surface area contributed by atoms with Gasteiger partial charge in [-0.3, -0.25) is 9.59 Å². The van der Waals surface area contributed by atoms with Crippen molar-refractivity contribution in [3.05, 3.63) is 75.4 Å². The molecule has 2 aromatic carbocycles. The van der Waals surface area contributed by atoms with E-state index in [4.69, 9.17) is 23.2 Å². The molecule has 0 aliphatic carbocycles. The Hall–Kier alpha value is -2.83. The molecule has 2 aliphatic heterocycles. The lowest BCUT2D eigenvalue weighted by molar-refractivity contribution is -0.126. The van der Waals surface area contributed by atoms with E-state index >= 15 is 0 Å². The molecule has 0 fully saturated rings. The van der Waals surface area contributed by atoms with Crippen LogP contribution in [0, 0.1) is 0 Å². The lowest BCUT2D eigenvalue weighted by atomic mass is 9.71. The minimum atomic E-state index is -1.18. The van der Waals surface area contributed by atoms with E-state index in [1.165, 1.54) is 0 Å². The van der Waals surface area contributed by atoms with Crippen LogP contribution in [-0.2, 0) is 21.5 Å². The lowest BCUT2D eigenvalue weighted by Crippen LogP contribution is -2.45. The zero-order valence-corrected chi connectivity index (χ0v) is 17.0. The molecule has 1 spiro atoms. The summed E-state index contributed by atoms with van der Waals surface area (Å²) in [7, 11) is 1.70. The lowest BCUT2D eigenvalue weighted by Gasteiger charge is -2.32. The Morgan fingerprint density at radius 3 is 2.66 bits per heavy atom. The zero-order chi connectivity index (χ0) is 20.3. The molecule has 0 saturated carbocycles. The van der Waals surface area contributed by atoms with Gasteiger partial charge in [-0.2, -0.15) is 5.10 Å². The highest BCUT2D eigenvalue weighted by Crippen LogP contribution is 2.54. The molecule has 2 aliphatic rings. The van der Waals surface area contributed by atoms with Gasteiger partial charge in [0.1, 0.15) is 11.2 Å². The van der Waals surface area contributed by atoms with E-state index in [2.05, 4.69) is 10.4 Å². The Morgan fingerprint density at radius 2 is 1.86 bits per heavy atom. The number of likely N-dealkylation sites (N-methyl/N-ethyl adjacent to an activating group) is 1. The van der Waals surface area contributed by atoms with Crippen molar-refractivity contribution in [3.63, 3.8) is 0 Å². The number of carbonyl (C=O) groups is 2. The van der Waals surface area contributed by atoms with E-state index < -0.39 is 5.41 Å². The molecule has 6 nitrogen and oxygen atoms in total. The first-order chi connectivity index (χ1) is 13.9. The van der Waals surface area contributed by atoms with E-state index in [1.807, 2.05) is 24.3 Å². The smallest absolute Gasteiger partial charge is 0.242 e. The summed E-state index contributed by atoms with van der Waals surface area (Å²) in [5, 5.41) is 8.44. The summed E-state index contributed by atoms with van der Waals surface area (Å²) in [6.07, 6.45) is 1.63. The molecule has 0 radical (unpaired) electrons. The molecule has 0 bridgehead atoms. The highest BCUT2D eigenvalue weighted by Gasteiger charge is 2.57. The van der Waals surface area contributed by atoms with Crippen molar-refractivity contribution in [3.8, 4) is 0 Å². The number of halogens is 2. The molecule has 2 amide bonds. The minimum absolute atomic E-state index is 0.0162. The largest absolute Gasteiger partial charge is 0.314 e. The molecule has 29 heavy (non-hydrogen) atoms. The second kappa shape index (κ2) is 6.34. The van der Waals surface area contributed by atoms with Gasteiger partial charge in [0.25, 0.3) is 0 Å². The number of benzene rings is 2. The Bertz CT molecular complexity index is 1190. The van der Waals surface area contributed by atoms with Crippen molar-refractivity contribution in [2.45, 2.75) is 18.4 Å². The van der Waals surface area contributed by atoms with Gasteiger partial charge in [0.05, 0.1) is 12.7 Å². The maximum atomic E-state index is 13.5. The molecule has 1 N–H and O–H groups in total. The summed E-state index contributed by atoms with van der Waals surface area (Å²) in [5.74, 6) is 0.0533. The predicted octanol–water partition coefficient (Wildman–Crippen LogP) is 3.84. The van der Waals surface area contributed by atoms with Gasteiger partial charge >= 0.3 is 0 Å². The SMILES string of the molecule is CN1C(=O)C2(CC(=O)Nc3c2cnn3Cc2ccccc2Cl)c2c(Cl)cccc21. The van der Waals surface area contributed by atoms with Crippen molar-refractivity contribution in [1.82, 2.24) is 9.78 Å². The first kappa shape index (κ1) is 18.2. The Labute approximate surface area is 177 Å². The number of hydrogen-bond acceptors (Lipinski definition) is 3. The zero-order valence-electron chi connectivity index (χ0n) is 15.4. The molecule has 3 aromatic rings. The number of fused-ring (bicyclic) bond motifs is 4. The van der Waals surface area contributed by atoms with E-state index in [-0.39, 0.29) is 18.2 Å². The Balaban J connectivity index is 1.71. The first-order valence-corrected chi connectivity index (χ1v) is 9.86. The highest BCUT2D eigenvalue weighted by atomic mass is 35.5. The summed E-state index contributed by atoms with van der Waals surface area (Å²) in [6, 6.07) is 12.8. The summed E-state index contributed by atoms with van der Waals surface area (Å²) >= 11 is 12.8. The van der Waals surface area contributed by atoms with E-state index in [0.717, 1.165) is 5.56 Å². The fraction of sp³-hybridized carbons (Fsp3) is 0.190. The summed E-state index contributed by atoms with van der Waals surface area (Å²) in [6.45, 7) is 0.366.